The quantitative estimate of drug-likeness (QED) is 0.530. The van der Waals surface area contributed by atoms with Crippen LogP contribution in [-0.2, 0) is 0 Å². The summed E-state index contributed by atoms with van der Waals surface area (Å²) in [6, 6.07) is 5.60. The van der Waals surface area contributed by atoms with E-state index in [1.807, 2.05) is 18.2 Å². The molecule has 1 aromatic carbocycles. The Morgan fingerprint density at radius 1 is 1.27 bits per heavy atom. The van der Waals surface area contributed by atoms with Gasteiger partial charge in [0.2, 0.25) is 0 Å². The normalized spacial score (nSPS) is 10.6. The van der Waals surface area contributed by atoms with Crippen molar-refractivity contribution in [1.29, 1.82) is 0 Å². The molecule has 0 radical (unpaired) electrons. The molecule has 0 fully saturated rings. The number of benzene rings is 1. The predicted molar refractivity (Wildman–Crippen MR) is 58.6 cm³/mol. The van der Waals surface area contributed by atoms with E-state index >= 15 is 0 Å². The Morgan fingerprint density at radius 2 is 1.91 bits per heavy atom. The molecule has 1 aromatic rings. The maximum Gasteiger partial charge on any atom is 0.134 e. The summed E-state index contributed by atoms with van der Waals surface area (Å²) in [5.74, 6) is 0. The molecule has 4 heteroatoms. The van der Waals surface area contributed by atoms with Gasteiger partial charge in [0.1, 0.15) is 4.84 Å². The van der Waals surface area contributed by atoms with Crippen LogP contribution >= 0.6 is 57.4 Å². The largest absolute Gasteiger partial charge is 0.134 e. The molecule has 0 aliphatic heterocycles. The molecule has 0 aliphatic rings. The first kappa shape index (κ1) is 9.90. The van der Waals surface area contributed by atoms with Crippen molar-refractivity contribution >= 4 is 57.4 Å². The highest BCUT2D eigenvalue weighted by Gasteiger charge is 2.09. The van der Waals surface area contributed by atoms with Crippen LogP contribution in [0.5, 0.6) is 0 Å². The van der Waals surface area contributed by atoms with Crippen LogP contribution in [0.15, 0.2) is 18.2 Å². The lowest BCUT2D eigenvalue weighted by Crippen LogP contribution is -1.85. The minimum absolute atomic E-state index is 0.544. The fraction of sp³-hybridized carbons (Fsp3) is 0.143. The monoisotopic (exact) mass is 320 g/mol. The third-order valence-corrected chi connectivity index (χ3v) is 3.33. The minimum atomic E-state index is -0.544. The molecule has 0 nitrogen and oxygen atoms in total. The fourth-order valence-corrected chi connectivity index (χ4v) is 1.92. The molecule has 11 heavy (non-hydrogen) atoms. The van der Waals surface area contributed by atoms with Crippen LogP contribution < -0.4 is 0 Å². The predicted octanol–water partition coefficient (Wildman–Crippen LogP) is 4.42. The van der Waals surface area contributed by atoms with Gasteiger partial charge in [-0.05, 0) is 28.7 Å². The molecule has 0 atom stereocenters. The minimum Gasteiger partial charge on any atom is -0.100 e. The van der Waals surface area contributed by atoms with Gasteiger partial charge >= 0.3 is 0 Å². The molecular formula is C7H4Cl3I. The SMILES string of the molecule is Clc1c(I)cccc1C(Cl)Cl. The standard InChI is InChI=1S/C7H4Cl3I/c8-6-4(7(9)10)2-1-3-5(6)11/h1-3,7H. The summed E-state index contributed by atoms with van der Waals surface area (Å²) in [5, 5.41) is 0.642. The lowest BCUT2D eigenvalue weighted by atomic mass is 10.2. The van der Waals surface area contributed by atoms with Crippen LogP contribution in [0.1, 0.15) is 10.4 Å². The number of hydrogen-bond acceptors (Lipinski definition) is 0. The molecule has 0 saturated carbocycles. The fourth-order valence-electron chi connectivity index (χ4n) is 0.689. The first-order chi connectivity index (χ1) is 5.13. The van der Waals surface area contributed by atoms with Gasteiger partial charge in [-0.1, -0.05) is 23.7 Å². The van der Waals surface area contributed by atoms with E-state index in [1.54, 1.807) is 0 Å². The van der Waals surface area contributed by atoms with Gasteiger partial charge in [-0.25, -0.2) is 0 Å². The highest BCUT2D eigenvalue weighted by Crippen LogP contribution is 2.33. The highest BCUT2D eigenvalue weighted by atomic mass is 127. The summed E-state index contributed by atoms with van der Waals surface area (Å²) < 4.78 is 0.966. The molecule has 0 aromatic heterocycles. The van der Waals surface area contributed by atoms with Crippen molar-refractivity contribution in [2.75, 3.05) is 0 Å². The topological polar surface area (TPSA) is 0 Å². The summed E-state index contributed by atoms with van der Waals surface area (Å²) in [5.41, 5.74) is 0.766. The molecule has 0 N–H and O–H groups in total. The summed E-state index contributed by atoms with van der Waals surface area (Å²) in [6.07, 6.45) is 0. The van der Waals surface area contributed by atoms with Gasteiger partial charge in [0.15, 0.2) is 0 Å². The molecule has 0 aliphatic carbocycles. The van der Waals surface area contributed by atoms with E-state index in [9.17, 15) is 0 Å². The lowest BCUT2D eigenvalue weighted by Gasteiger charge is -2.04. The Balaban J connectivity index is 3.17. The first-order valence-electron chi connectivity index (χ1n) is 2.85. The van der Waals surface area contributed by atoms with Crippen molar-refractivity contribution in [3.63, 3.8) is 0 Å². The van der Waals surface area contributed by atoms with E-state index in [0.717, 1.165) is 9.13 Å². The van der Waals surface area contributed by atoms with Crippen LogP contribution in [0.25, 0.3) is 0 Å². The zero-order valence-electron chi connectivity index (χ0n) is 5.32. The van der Waals surface area contributed by atoms with E-state index < -0.39 is 4.84 Å². The van der Waals surface area contributed by atoms with Gasteiger partial charge in [-0.2, -0.15) is 0 Å². The second-order valence-corrected chi connectivity index (χ2v) is 4.58. The van der Waals surface area contributed by atoms with Crippen LogP contribution in [0.2, 0.25) is 5.02 Å². The second-order valence-electron chi connectivity index (χ2n) is 1.94. The van der Waals surface area contributed by atoms with Gasteiger partial charge in [-0.15, -0.1) is 23.2 Å². The number of hydrogen-bond donors (Lipinski definition) is 0. The Morgan fingerprint density at radius 3 is 2.36 bits per heavy atom. The lowest BCUT2D eigenvalue weighted by molar-refractivity contribution is 1.34. The third-order valence-electron chi connectivity index (χ3n) is 1.22. The van der Waals surface area contributed by atoms with E-state index in [2.05, 4.69) is 22.6 Å². The van der Waals surface area contributed by atoms with E-state index in [1.165, 1.54) is 0 Å². The smallest absolute Gasteiger partial charge is 0.100 e. The van der Waals surface area contributed by atoms with Crippen LogP contribution in [0.3, 0.4) is 0 Å². The van der Waals surface area contributed by atoms with E-state index in [-0.39, 0.29) is 0 Å². The highest BCUT2D eigenvalue weighted by molar-refractivity contribution is 14.1. The third kappa shape index (κ3) is 2.38. The summed E-state index contributed by atoms with van der Waals surface area (Å²) >= 11 is 19.4. The van der Waals surface area contributed by atoms with Gasteiger partial charge in [0.25, 0.3) is 0 Å². The summed E-state index contributed by atoms with van der Waals surface area (Å²) in [6.45, 7) is 0. The zero-order chi connectivity index (χ0) is 8.43. The van der Waals surface area contributed by atoms with Gasteiger partial charge in [-0.3, -0.25) is 0 Å². The van der Waals surface area contributed by atoms with Crippen molar-refractivity contribution in [3.05, 3.63) is 32.4 Å². The Kier molecular flexibility index (Phi) is 3.75. The maximum atomic E-state index is 5.91. The molecule has 0 amide bonds. The Labute approximate surface area is 94.0 Å². The van der Waals surface area contributed by atoms with Crippen molar-refractivity contribution in [3.8, 4) is 0 Å². The first-order valence-corrected chi connectivity index (χ1v) is 5.18. The maximum absolute atomic E-state index is 5.91. The average molecular weight is 321 g/mol. The van der Waals surface area contributed by atoms with Crippen LogP contribution in [0.4, 0.5) is 0 Å². The van der Waals surface area contributed by atoms with Gasteiger partial charge in [0.05, 0.1) is 5.02 Å². The molecule has 60 valence electrons. The summed E-state index contributed by atoms with van der Waals surface area (Å²) in [4.78, 5) is -0.544. The van der Waals surface area contributed by atoms with Gasteiger partial charge < -0.3 is 0 Å². The molecule has 0 saturated heterocycles. The van der Waals surface area contributed by atoms with Crippen LogP contribution in [-0.4, -0.2) is 0 Å². The molecule has 0 unspecified atom stereocenters. The van der Waals surface area contributed by atoms with Crippen molar-refractivity contribution in [2.45, 2.75) is 4.84 Å². The number of rotatable bonds is 1. The second kappa shape index (κ2) is 4.17. The van der Waals surface area contributed by atoms with E-state index in [0.29, 0.717) is 5.02 Å². The Bertz CT molecular complexity index is 260. The van der Waals surface area contributed by atoms with Crippen molar-refractivity contribution < 1.29 is 0 Å². The molecule has 0 spiro atoms. The van der Waals surface area contributed by atoms with Crippen LogP contribution in [0, 0.1) is 3.57 Å². The molecule has 0 bridgehead atoms. The van der Waals surface area contributed by atoms with E-state index in [4.69, 9.17) is 34.8 Å². The Hall–Kier alpha value is 0.820. The van der Waals surface area contributed by atoms with Crippen molar-refractivity contribution in [2.24, 2.45) is 0 Å². The average Bonchev–Trinajstić information content (AvgIpc) is 1.94. The molecule has 1 rings (SSSR count). The summed E-state index contributed by atoms with van der Waals surface area (Å²) in [7, 11) is 0. The molecular weight excluding hydrogens is 317 g/mol. The molecule has 0 heterocycles. The number of halogens is 4. The van der Waals surface area contributed by atoms with Crippen molar-refractivity contribution in [1.82, 2.24) is 0 Å². The number of alkyl halides is 2. The van der Waals surface area contributed by atoms with Gasteiger partial charge in [0, 0.05) is 9.13 Å². The zero-order valence-corrected chi connectivity index (χ0v) is 9.75.